The van der Waals surface area contributed by atoms with Crippen molar-refractivity contribution in [2.24, 2.45) is 11.8 Å². The number of carbonyl (C=O) groups excluding carboxylic acids is 2. The van der Waals surface area contributed by atoms with E-state index < -0.39 is 17.8 Å². The number of carbonyl (C=O) groups is 2. The van der Waals surface area contributed by atoms with Crippen molar-refractivity contribution >= 4 is 11.9 Å². The molecule has 0 spiro atoms. The van der Waals surface area contributed by atoms with Crippen molar-refractivity contribution in [3.63, 3.8) is 0 Å². The van der Waals surface area contributed by atoms with Crippen LogP contribution >= 0.6 is 0 Å². The number of rotatable bonds is 8. The van der Waals surface area contributed by atoms with E-state index in [9.17, 15) is 14.0 Å². The Labute approximate surface area is 137 Å². The van der Waals surface area contributed by atoms with E-state index in [1.807, 2.05) is 27.7 Å². The summed E-state index contributed by atoms with van der Waals surface area (Å²) in [5.74, 6) is -0.700. The fraction of sp³-hybridized carbons (Fsp3) is 0.556. The van der Waals surface area contributed by atoms with Gasteiger partial charge in [-0.25, -0.2) is 4.39 Å². The Bertz CT molecular complexity index is 538. The smallest absolute Gasteiger partial charge is 0.311 e. The van der Waals surface area contributed by atoms with Gasteiger partial charge in [-0.2, -0.15) is 0 Å². The second-order valence-corrected chi connectivity index (χ2v) is 6.40. The predicted molar refractivity (Wildman–Crippen MR) is 85.8 cm³/mol. The second kappa shape index (κ2) is 9.28. The molecule has 0 fully saturated rings. The van der Waals surface area contributed by atoms with Crippen LogP contribution in [-0.2, 0) is 9.59 Å². The summed E-state index contributed by atoms with van der Waals surface area (Å²) in [7, 11) is 0. The van der Waals surface area contributed by atoms with Gasteiger partial charge in [0.1, 0.15) is 5.82 Å². The molecule has 0 aliphatic heterocycles. The molecule has 0 radical (unpaired) electrons. The SMILES string of the molecule is CC(C)CCC(=O)Oc1ccc(F)cc1OC(=O)CCC(C)C. The Kier molecular flexibility index (Phi) is 7.72. The third-order valence-electron chi connectivity index (χ3n) is 3.20. The second-order valence-electron chi connectivity index (χ2n) is 6.40. The van der Waals surface area contributed by atoms with Gasteiger partial charge in [0.15, 0.2) is 11.5 Å². The van der Waals surface area contributed by atoms with E-state index in [1.165, 1.54) is 6.07 Å². The zero-order valence-electron chi connectivity index (χ0n) is 14.2. The number of benzene rings is 1. The highest BCUT2D eigenvalue weighted by Crippen LogP contribution is 2.29. The first-order valence-electron chi connectivity index (χ1n) is 7.98. The first-order valence-corrected chi connectivity index (χ1v) is 7.98. The Morgan fingerprint density at radius 1 is 0.913 bits per heavy atom. The monoisotopic (exact) mass is 324 g/mol. The molecule has 0 atom stereocenters. The summed E-state index contributed by atoms with van der Waals surface area (Å²) in [6, 6.07) is 3.52. The average Bonchev–Trinajstić information content (AvgIpc) is 2.46. The van der Waals surface area contributed by atoms with E-state index in [1.54, 1.807) is 0 Å². The third kappa shape index (κ3) is 7.77. The van der Waals surface area contributed by atoms with E-state index >= 15 is 0 Å². The van der Waals surface area contributed by atoms with Gasteiger partial charge in [0.25, 0.3) is 0 Å². The molecule has 23 heavy (non-hydrogen) atoms. The summed E-state index contributed by atoms with van der Waals surface area (Å²) in [5.41, 5.74) is 0. The summed E-state index contributed by atoms with van der Waals surface area (Å²) >= 11 is 0. The number of hydrogen-bond donors (Lipinski definition) is 0. The summed E-state index contributed by atoms with van der Waals surface area (Å²) in [5, 5.41) is 0. The first kappa shape index (κ1) is 19.1. The van der Waals surface area contributed by atoms with Crippen LogP contribution in [0.1, 0.15) is 53.4 Å². The van der Waals surface area contributed by atoms with Crippen molar-refractivity contribution in [2.45, 2.75) is 53.4 Å². The number of halogens is 1. The number of hydrogen-bond acceptors (Lipinski definition) is 4. The lowest BCUT2D eigenvalue weighted by molar-refractivity contribution is -0.137. The molecule has 0 saturated heterocycles. The highest BCUT2D eigenvalue weighted by molar-refractivity contribution is 5.76. The van der Waals surface area contributed by atoms with Crippen LogP contribution in [0.2, 0.25) is 0 Å². The zero-order chi connectivity index (χ0) is 17.4. The minimum Gasteiger partial charge on any atom is -0.423 e. The molecular formula is C18H25FO4. The van der Waals surface area contributed by atoms with Gasteiger partial charge in [0.2, 0.25) is 0 Å². The van der Waals surface area contributed by atoms with Crippen LogP contribution in [0.15, 0.2) is 18.2 Å². The van der Waals surface area contributed by atoms with Gasteiger partial charge in [-0.3, -0.25) is 9.59 Å². The van der Waals surface area contributed by atoms with Crippen molar-refractivity contribution < 1.29 is 23.5 Å². The molecular weight excluding hydrogens is 299 g/mol. The topological polar surface area (TPSA) is 52.6 Å². The fourth-order valence-electron chi connectivity index (χ4n) is 1.81. The van der Waals surface area contributed by atoms with E-state index in [4.69, 9.17) is 9.47 Å². The van der Waals surface area contributed by atoms with Crippen LogP contribution in [0.5, 0.6) is 11.5 Å². The molecule has 0 N–H and O–H groups in total. The van der Waals surface area contributed by atoms with Crippen LogP contribution in [-0.4, -0.2) is 11.9 Å². The molecule has 0 bridgehead atoms. The number of esters is 2. The molecule has 0 aliphatic rings. The van der Waals surface area contributed by atoms with Crippen molar-refractivity contribution in [2.75, 3.05) is 0 Å². The summed E-state index contributed by atoms with van der Waals surface area (Å²) in [4.78, 5) is 23.6. The lowest BCUT2D eigenvalue weighted by atomic mass is 10.1. The maximum atomic E-state index is 13.4. The van der Waals surface area contributed by atoms with Gasteiger partial charge >= 0.3 is 11.9 Å². The maximum absolute atomic E-state index is 13.4. The summed E-state index contributed by atoms with van der Waals surface area (Å²) in [6.07, 6.45) is 1.87. The summed E-state index contributed by atoms with van der Waals surface area (Å²) < 4.78 is 23.7. The highest BCUT2D eigenvalue weighted by Gasteiger charge is 2.15. The molecule has 128 valence electrons. The van der Waals surface area contributed by atoms with Crippen LogP contribution in [0.4, 0.5) is 4.39 Å². The van der Waals surface area contributed by atoms with Gasteiger partial charge in [-0.15, -0.1) is 0 Å². The van der Waals surface area contributed by atoms with Crippen LogP contribution in [0, 0.1) is 17.7 Å². The minimum absolute atomic E-state index is 0.0587. The van der Waals surface area contributed by atoms with Crippen molar-refractivity contribution in [1.82, 2.24) is 0 Å². The van der Waals surface area contributed by atoms with Crippen molar-refractivity contribution in [1.29, 1.82) is 0 Å². The van der Waals surface area contributed by atoms with Crippen molar-refractivity contribution in [3.8, 4) is 11.5 Å². The standard InChI is InChI=1S/C18H25FO4/c1-12(2)5-9-17(20)22-15-8-7-14(19)11-16(15)23-18(21)10-6-13(3)4/h7-8,11-13H,5-6,9-10H2,1-4H3. The van der Waals surface area contributed by atoms with Crippen LogP contribution in [0.25, 0.3) is 0 Å². The van der Waals surface area contributed by atoms with E-state index in [-0.39, 0.29) is 24.3 Å². The molecule has 0 aliphatic carbocycles. The quantitative estimate of drug-likeness (QED) is 0.521. The maximum Gasteiger partial charge on any atom is 0.311 e. The highest BCUT2D eigenvalue weighted by atomic mass is 19.1. The Balaban J connectivity index is 2.72. The minimum atomic E-state index is -0.557. The van der Waals surface area contributed by atoms with Crippen LogP contribution < -0.4 is 9.47 Å². The molecule has 1 aromatic rings. The molecule has 4 nitrogen and oxygen atoms in total. The molecule has 5 heteroatoms. The molecule has 0 amide bonds. The normalized spacial score (nSPS) is 10.9. The van der Waals surface area contributed by atoms with E-state index in [2.05, 4.69) is 0 Å². The lowest BCUT2D eigenvalue weighted by Crippen LogP contribution is -2.13. The van der Waals surface area contributed by atoms with Crippen molar-refractivity contribution in [3.05, 3.63) is 24.0 Å². The molecule has 0 saturated carbocycles. The van der Waals surface area contributed by atoms with Gasteiger partial charge in [-0.05, 0) is 36.8 Å². The first-order chi connectivity index (χ1) is 10.8. The largest absolute Gasteiger partial charge is 0.423 e. The Morgan fingerprint density at radius 3 is 1.87 bits per heavy atom. The van der Waals surface area contributed by atoms with Gasteiger partial charge in [-0.1, -0.05) is 27.7 Å². The average molecular weight is 324 g/mol. The Morgan fingerprint density at radius 2 is 1.39 bits per heavy atom. The van der Waals surface area contributed by atoms with Crippen LogP contribution in [0.3, 0.4) is 0 Å². The summed E-state index contributed by atoms with van der Waals surface area (Å²) in [6.45, 7) is 8.01. The molecule has 0 aromatic heterocycles. The van der Waals surface area contributed by atoms with E-state index in [0.29, 0.717) is 24.7 Å². The molecule has 1 rings (SSSR count). The predicted octanol–water partition coefficient (Wildman–Crippen LogP) is 4.51. The zero-order valence-corrected chi connectivity index (χ0v) is 14.2. The van der Waals surface area contributed by atoms with Gasteiger partial charge in [0.05, 0.1) is 0 Å². The third-order valence-corrected chi connectivity index (χ3v) is 3.20. The lowest BCUT2D eigenvalue weighted by Gasteiger charge is -2.11. The van der Waals surface area contributed by atoms with E-state index in [0.717, 1.165) is 12.1 Å². The molecule has 1 aromatic carbocycles. The van der Waals surface area contributed by atoms with Gasteiger partial charge in [0, 0.05) is 18.9 Å². The molecule has 0 heterocycles. The molecule has 0 unspecified atom stereocenters. The fourth-order valence-corrected chi connectivity index (χ4v) is 1.81. The Hall–Kier alpha value is -1.91. The number of ether oxygens (including phenoxy) is 2. The van der Waals surface area contributed by atoms with Gasteiger partial charge < -0.3 is 9.47 Å².